The minimum Gasteiger partial charge on any atom is -0.305 e. The molecule has 0 radical (unpaired) electrons. The molecule has 1 unspecified atom stereocenters. The zero-order valence-corrected chi connectivity index (χ0v) is 12.6. The topological polar surface area (TPSA) is 35.8 Å². The number of nitrogens with zero attached hydrogens (tertiary/aromatic N) is 1. The Hall–Kier alpha value is -1.28. The summed E-state index contributed by atoms with van der Waals surface area (Å²) in [5.41, 5.74) is 2.04. The van der Waals surface area contributed by atoms with E-state index in [-0.39, 0.29) is 0 Å². The molecule has 4 heteroatoms. The van der Waals surface area contributed by atoms with Crippen molar-refractivity contribution >= 4 is 23.1 Å². The third-order valence-electron chi connectivity index (χ3n) is 2.98. The number of rotatable bonds is 5. The summed E-state index contributed by atoms with van der Waals surface area (Å²) < 4.78 is 0. The highest BCUT2D eigenvalue weighted by molar-refractivity contribution is 7.98. The molecule has 1 N–H and O–H groups in total. The highest BCUT2D eigenvalue weighted by atomic mass is 32.2. The maximum absolute atomic E-state index is 8.79. The van der Waals surface area contributed by atoms with E-state index in [9.17, 15) is 0 Å². The molecule has 0 spiro atoms. The number of benzene rings is 1. The first-order valence-electron chi connectivity index (χ1n) is 6.08. The number of thiophene rings is 1. The van der Waals surface area contributed by atoms with Crippen LogP contribution < -0.4 is 5.32 Å². The molecule has 0 bridgehead atoms. The second kappa shape index (κ2) is 6.76. The van der Waals surface area contributed by atoms with E-state index in [1.807, 2.05) is 11.4 Å². The van der Waals surface area contributed by atoms with E-state index in [0.717, 1.165) is 12.1 Å². The van der Waals surface area contributed by atoms with Gasteiger partial charge in [0, 0.05) is 27.7 Å². The smallest absolute Gasteiger partial charge is 0.100 e. The normalized spacial score (nSPS) is 12.1. The molecule has 0 aliphatic carbocycles. The third-order valence-corrected chi connectivity index (χ3v) is 4.66. The molecule has 2 nitrogen and oxygen atoms in total. The van der Waals surface area contributed by atoms with Gasteiger partial charge in [0.15, 0.2) is 0 Å². The first kappa shape index (κ1) is 14.1. The Morgan fingerprint density at radius 2 is 2.11 bits per heavy atom. The van der Waals surface area contributed by atoms with Crippen LogP contribution in [0.5, 0.6) is 0 Å². The summed E-state index contributed by atoms with van der Waals surface area (Å²) in [6, 6.07) is 13.0. The fourth-order valence-corrected chi connectivity index (χ4v) is 2.97. The van der Waals surface area contributed by atoms with Crippen molar-refractivity contribution in [2.75, 3.05) is 6.26 Å². The van der Waals surface area contributed by atoms with Crippen molar-refractivity contribution in [2.45, 2.75) is 24.4 Å². The highest BCUT2D eigenvalue weighted by Gasteiger charge is 2.06. The van der Waals surface area contributed by atoms with Crippen LogP contribution in [0.25, 0.3) is 0 Å². The van der Waals surface area contributed by atoms with Gasteiger partial charge < -0.3 is 5.32 Å². The van der Waals surface area contributed by atoms with Crippen molar-refractivity contribution in [3.8, 4) is 6.07 Å². The number of nitriles is 1. The van der Waals surface area contributed by atoms with Gasteiger partial charge in [0.05, 0.1) is 5.56 Å². The summed E-state index contributed by atoms with van der Waals surface area (Å²) in [7, 11) is 0. The summed E-state index contributed by atoms with van der Waals surface area (Å²) >= 11 is 3.38. The highest BCUT2D eigenvalue weighted by Crippen LogP contribution is 2.20. The minimum absolute atomic E-state index is 0.309. The minimum atomic E-state index is 0.309. The lowest BCUT2D eigenvalue weighted by molar-refractivity contribution is 0.578. The summed E-state index contributed by atoms with van der Waals surface area (Å²) in [6.07, 6.45) is 2.08. The molecule has 0 aliphatic heterocycles. The molecule has 1 aromatic heterocycles. The quantitative estimate of drug-likeness (QED) is 0.838. The van der Waals surface area contributed by atoms with E-state index >= 15 is 0 Å². The Bertz CT molecular complexity index is 567. The molecule has 0 amide bonds. The van der Waals surface area contributed by atoms with E-state index in [1.165, 1.54) is 15.3 Å². The lowest BCUT2D eigenvalue weighted by Gasteiger charge is -2.13. The van der Waals surface area contributed by atoms with Gasteiger partial charge in [-0.3, -0.25) is 0 Å². The summed E-state index contributed by atoms with van der Waals surface area (Å²) in [5, 5.41) is 14.2. The van der Waals surface area contributed by atoms with Gasteiger partial charge in [-0.1, -0.05) is 12.1 Å². The fraction of sp³-hybridized carbons (Fsp3) is 0.267. The van der Waals surface area contributed by atoms with Crippen molar-refractivity contribution in [1.82, 2.24) is 5.32 Å². The van der Waals surface area contributed by atoms with Gasteiger partial charge in [0.25, 0.3) is 0 Å². The Kier molecular flexibility index (Phi) is 5.03. The fourth-order valence-electron chi connectivity index (χ4n) is 1.80. The van der Waals surface area contributed by atoms with Crippen LogP contribution in [0.4, 0.5) is 0 Å². The number of hydrogen-bond acceptors (Lipinski definition) is 4. The molecule has 0 aliphatic rings. The van der Waals surface area contributed by atoms with Crippen LogP contribution in [0.15, 0.2) is 40.6 Å². The molecule has 98 valence electrons. The Morgan fingerprint density at radius 1 is 1.37 bits per heavy atom. The van der Waals surface area contributed by atoms with Gasteiger partial charge in [0.1, 0.15) is 6.07 Å². The SMILES string of the molecule is CSc1ccc(C(C)NCc2cc(C#N)cs2)cc1. The molecule has 2 rings (SSSR count). The van der Waals surface area contributed by atoms with Crippen molar-refractivity contribution in [1.29, 1.82) is 5.26 Å². The Morgan fingerprint density at radius 3 is 2.68 bits per heavy atom. The van der Waals surface area contributed by atoms with Gasteiger partial charge in [-0.05, 0) is 36.9 Å². The molecule has 0 saturated heterocycles. The Balaban J connectivity index is 1.93. The van der Waals surface area contributed by atoms with Crippen LogP contribution in [-0.2, 0) is 6.54 Å². The largest absolute Gasteiger partial charge is 0.305 e. The van der Waals surface area contributed by atoms with E-state index in [4.69, 9.17) is 5.26 Å². The van der Waals surface area contributed by atoms with Crippen LogP contribution in [0.3, 0.4) is 0 Å². The zero-order chi connectivity index (χ0) is 13.7. The van der Waals surface area contributed by atoms with Crippen molar-refractivity contribution in [3.63, 3.8) is 0 Å². The monoisotopic (exact) mass is 288 g/mol. The van der Waals surface area contributed by atoms with Crippen molar-refractivity contribution in [2.24, 2.45) is 0 Å². The number of hydrogen-bond donors (Lipinski definition) is 1. The van der Waals surface area contributed by atoms with Crippen LogP contribution in [0, 0.1) is 11.3 Å². The second-order valence-electron chi connectivity index (χ2n) is 4.29. The Labute approximate surface area is 122 Å². The van der Waals surface area contributed by atoms with Gasteiger partial charge in [-0.25, -0.2) is 0 Å². The predicted octanol–water partition coefficient (Wildman–Crippen LogP) is 4.19. The lowest BCUT2D eigenvalue weighted by atomic mass is 10.1. The summed E-state index contributed by atoms with van der Waals surface area (Å²) in [6.45, 7) is 2.96. The van der Waals surface area contributed by atoms with Crippen LogP contribution in [0.1, 0.15) is 29.0 Å². The average molecular weight is 288 g/mol. The molecule has 1 heterocycles. The lowest BCUT2D eigenvalue weighted by Crippen LogP contribution is -2.17. The van der Waals surface area contributed by atoms with E-state index < -0.39 is 0 Å². The third kappa shape index (κ3) is 3.84. The van der Waals surface area contributed by atoms with Crippen LogP contribution >= 0.6 is 23.1 Å². The van der Waals surface area contributed by atoms with Crippen LogP contribution in [0.2, 0.25) is 0 Å². The molecule has 1 atom stereocenters. The van der Waals surface area contributed by atoms with Crippen molar-refractivity contribution < 1.29 is 0 Å². The average Bonchev–Trinajstić information content (AvgIpc) is 2.93. The van der Waals surface area contributed by atoms with E-state index in [0.29, 0.717) is 6.04 Å². The van der Waals surface area contributed by atoms with Crippen molar-refractivity contribution in [3.05, 3.63) is 51.7 Å². The number of nitrogens with one attached hydrogen (secondary N) is 1. The summed E-state index contributed by atoms with van der Waals surface area (Å²) in [5.74, 6) is 0. The molecule has 0 saturated carbocycles. The van der Waals surface area contributed by atoms with E-state index in [2.05, 4.69) is 48.8 Å². The molecular weight excluding hydrogens is 272 g/mol. The standard InChI is InChI=1S/C15H16N2S2/c1-11(13-3-5-14(18-2)6-4-13)17-9-15-7-12(8-16)10-19-15/h3-7,10-11,17H,9H2,1-2H3. The van der Waals surface area contributed by atoms with Gasteiger partial charge in [0.2, 0.25) is 0 Å². The van der Waals surface area contributed by atoms with Gasteiger partial charge >= 0.3 is 0 Å². The van der Waals surface area contributed by atoms with Gasteiger partial charge in [-0.2, -0.15) is 5.26 Å². The zero-order valence-electron chi connectivity index (χ0n) is 11.0. The molecule has 2 aromatic rings. The molecule has 19 heavy (non-hydrogen) atoms. The molecule has 1 aromatic carbocycles. The molecule has 0 fully saturated rings. The summed E-state index contributed by atoms with van der Waals surface area (Å²) in [4.78, 5) is 2.48. The van der Waals surface area contributed by atoms with Gasteiger partial charge in [-0.15, -0.1) is 23.1 Å². The second-order valence-corrected chi connectivity index (χ2v) is 6.16. The first-order valence-corrected chi connectivity index (χ1v) is 8.18. The van der Waals surface area contributed by atoms with Crippen LogP contribution in [-0.4, -0.2) is 6.26 Å². The maximum atomic E-state index is 8.79. The maximum Gasteiger partial charge on any atom is 0.100 e. The molecular formula is C15H16N2S2. The number of thioether (sulfide) groups is 1. The first-order chi connectivity index (χ1) is 9.22. The van der Waals surface area contributed by atoms with E-state index in [1.54, 1.807) is 23.1 Å². The predicted molar refractivity (Wildman–Crippen MR) is 82.5 cm³/mol.